The van der Waals surface area contributed by atoms with Crippen LogP contribution in [0, 0.1) is 35.3 Å². The minimum absolute atomic E-state index is 0. The molecule has 0 fully saturated rings. The van der Waals surface area contributed by atoms with Gasteiger partial charge in [-0.15, -0.1) is 0 Å². The van der Waals surface area contributed by atoms with Crippen LogP contribution in [0.5, 0.6) is 0 Å². The van der Waals surface area contributed by atoms with Crippen LogP contribution in [0.1, 0.15) is 0 Å². The Labute approximate surface area is 79.9 Å². The summed E-state index contributed by atoms with van der Waals surface area (Å²) in [6, 6.07) is 0. The van der Waals surface area contributed by atoms with E-state index in [1.54, 1.807) is 17.2 Å². The molecule has 5 heavy (non-hydrogen) atoms. The molecule has 1 radical (unpaired) electrons. The Kier molecular flexibility index (Phi) is 166. The van der Waals surface area contributed by atoms with Gasteiger partial charge in [0, 0.05) is 49.7 Å². The van der Waals surface area contributed by atoms with Crippen molar-refractivity contribution in [3.05, 3.63) is 0 Å². The number of rotatable bonds is 0. The third kappa shape index (κ3) is 21.3. The van der Waals surface area contributed by atoms with Gasteiger partial charge in [0.15, 0.2) is 0 Å². The first-order chi connectivity index (χ1) is 1.00. The van der Waals surface area contributed by atoms with E-state index in [4.69, 9.17) is 4.21 Å². The SMILES string of the molecule is P.[NH]=[V].[U].[V]. The molecule has 0 aliphatic carbocycles. The van der Waals surface area contributed by atoms with Gasteiger partial charge in [-0.05, 0) is 0 Å². The second-order valence-electron chi connectivity index (χ2n) is 0. The Morgan fingerprint density at radius 3 is 1.20 bits per heavy atom. The summed E-state index contributed by atoms with van der Waals surface area (Å²) in [7, 11) is 0. The van der Waals surface area contributed by atoms with Crippen molar-refractivity contribution in [1.29, 1.82) is 4.21 Å². The van der Waals surface area contributed by atoms with Gasteiger partial charge in [0.25, 0.3) is 0 Å². The fraction of sp³-hybridized carbons (Fsp3) is 0. The van der Waals surface area contributed by atoms with Crippen LogP contribution in [0.4, 0.5) is 0 Å². The maximum atomic E-state index is 5.69. The van der Waals surface area contributed by atoms with Gasteiger partial charge in [-0.3, -0.25) is 0 Å². The van der Waals surface area contributed by atoms with Gasteiger partial charge >= 0.3 is 21.4 Å². The molecule has 0 aromatic carbocycles. The van der Waals surface area contributed by atoms with Gasteiger partial charge in [-0.1, -0.05) is 0 Å². The molecular weight excluding hydrogens is 385 g/mol. The molecule has 0 aromatic heterocycles. The van der Waals surface area contributed by atoms with Crippen LogP contribution in [0.15, 0.2) is 0 Å². The van der Waals surface area contributed by atoms with E-state index in [-0.39, 0.29) is 59.6 Å². The Hall–Kier alpha value is 2.45. The van der Waals surface area contributed by atoms with E-state index in [1.807, 2.05) is 0 Å². The number of hydrogen-bond donors (Lipinski definition) is 1. The van der Waals surface area contributed by atoms with Gasteiger partial charge < -0.3 is 0 Å². The average molecular weight is 389 g/mol. The Bertz CT molecular complexity index is 9.61. The molecule has 0 aromatic rings. The van der Waals surface area contributed by atoms with Gasteiger partial charge in [-0.25, -0.2) is 0 Å². The standard InChI is InChI=1S/HN.H3P.U.2V/h1H;1H3;;;. The quantitative estimate of drug-likeness (QED) is 0.579. The second kappa shape index (κ2) is 31.9. The molecule has 1 atom stereocenters. The predicted molar refractivity (Wildman–Crippen MR) is 13.8 cm³/mol. The smallest absolute Gasteiger partial charge is 0 e. The number of nitrogens with one attached hydrogen (secondary N) is 1. The van der Waals surface area contributed by atoms with Crippen molar-refractivity contribution in [2.75, 3.05) is 0 Å². The Morgan fingerprint density at radius 1 is 1.20 bits per heavy atom. The molecule has 0 spiro atoms. The van der Waals surface area contributed by atoms with Crippen molar-refractivity contribution in [2.24, 2.45) is 0 Å². The summed E-state index contributed by atoms with van der Waals surface area (Å²) in [6.45, 7) is 0. The van der Waals surface area contributed by atoms with Crippen LogP contribution in [0.2, 0.25) is 0 Å². The Balaban J connectivity index is -0.00000000167. The molecule has 28 valence electrons. The molecular formula is H4NPUV2. The first-order valence-corrected chi connectivity index (χ1v) is 0.922. The first-order valence-electron chi connectivity index (χ1n) is 0.224. The molecule has 1 nitrogen and oxygen atoms in total. The molecule has 0 aliphatic rings. The fourth-order valence-corrected chi connectivity index (χ4v) is 0. The van der Waals surface area contributed by atoms with Crippen LogP contribution >= 0.6 is 9.90 Å². The maximum Gasteiger partial charge on any atom is 0 e. The summed E-state index contributed by atoms with van der Waals surface area (Å²) in [5.41, 5.74) is 0. The van der Waals surface area contributed by atoms with Gasteiger partial charge in [0.1, 0.15) is 0 Å². The predicted octanol–water partition coefficient (Wildman–Crippen LogP) is 0.351. The summed E-state index contributed by atoms with van der Waals surface area (Å²) < 4.78 is 5.69. The molecule has 0 bridgehead atoms. The van der Waals surface area contributed by atoms with Crippen molar-refractivity contribution < 1.29 is 66.9 Å². The van der Waals surface area contributed by atoms with E-state index in [0.717, 1.165) is 0 Å². The zero-order valence-corrected chi connectivity index (χ0v) is 11.0. The summed E-state index contributed by atoms with van der Waals surface area (Å²) in [6.07, 6.45) is 0. The molecule has 0 heterocycles. The van der Waals surface area contributed by atoms with Crippen LogP contribution in [0.25, 0.3) is 0 Å². The second-order valence-corrected chi connectivity index (χ2v) is 0. The number of hydrogen-bond acceptors (Lipinski definition) is 1. The van der Waals surface area contributed by atoms with E-state index >= 15 is 0 Å². The molecule has 1 unspecified atom stereocenters. The monoisotopic (exact) mass is 389 g/mol. The Morgan fingerprint density at radius 2 is 1.20 bits per heavy atom. The zero-order chi connectivity index (χ0) is 2.00. The largest absolute Gasteiger partial charge is 0 e. The van der Waals surface area contributed by atoms with Crippen molar-refractivity contribution in [3.8, 4) is 0 Å². The molecule has 0 saturated heterocycles. The minimum atomic E-state index is 0. The molecule has 1 N–H and O–H groups in total. The van der Waals surface area contributed by atoms with E-state index in [1.165, 1.54) is 0 Å². The molecule has 0 saturated carbocycles. The van der Waals surface area contributed by atoms with E-state index in [9.17, 15) is 0 Å². The molecule has 5 heteroatoms. The first kappa shape index (κ1) is 26.0. The van der Waals surface area contributed by atoms with Gasteiger partial charge in [0.2, 0.25) is 0 Å². The van der Waals surface area contributed by atoms with E-state index in [0.29, 0.717) is 0 Å². The third-order valence-electron chi connectivity index (χ3n) is 0. The van der Waals surface area contributed by atoms with Crippen molar-refractivity contribution in [3.63, 3.8) is 0 Å². The fourth-order valence-electron chi connectivity index (χ4n) is 0. The van der Waals surface area contributed by atoms with Crippen LogP contribution in [-0.4, -0.2) is 0 Å². The summed E-state index contributed by atoms with van der Waals surface area (Å²) in [5.74, 6) is 0. The van der Waals surface area contributed by atoms with Crippen molar-refractivity contribution >= 4 is 9.90 Å². The van der Waals surface area contributed by atoms with Crippen molar-refractivity contribution in [2.45, 2.75) is 0 Å². The van der Waals surface area contributed by atoms with E-state index in [2.05, 4.69) is 0 Å². The van der Waals surface area contributed by atoms with Gasteiger partial charge in [0.05, 0.1) is 0 Å². The normalized spacial score (nSPS) is 0.600. The summed E-state index contributed by atoms with van der Waals surface area (Å²) >= 11 is 1.56. The molecule has 0 aliphatic heterocycles. The van der Waals surface area contributed by atoms with E-state index < -0.39 is 0 Å². The molecule has 0 amide bonds. The topological polar surface area (TPSA) is 23.9 Å². The minimum Gasteiger partial charge on any atom is 0 e. The third-order valence-corrected chi connectivity index (χ3v) is 0. The van der Waals surface area contributed by atoms with Crippen LogP contribution < -0.4 is 0 Å². The van der Waals surface area contributed by atoms with Crippen LogP contribution in [0.3, 0.4) is 0 Å². The summed E-state index contributed by atoms with van der Waals surface area (Å²) in [5, 5.41) is 0. The maximum absolute atomic E-state index is 5.69. The average Bonchev–Trinajstić information content (AvgIpc) is 1.00. The van der Waals surface area contributed by atoms with Crippen LogP contribution in [-0.2, 0) is 35.8 Å². The zero-order valence-electron chi connectivity index (χ0n) is 2.60. The molecule has 0 rings (SSSR count). The van der Waals surface area contributed by atoms with Crippen molar-refractivity contribution in [1.82, 2.24) is 0 Å². The summed E-state index contributed by atoms with van der Waals surface area (Å²) in [4.78, 5) is 0. The van der Waals surface area contributed by atoms with Gasteiger partial charge in [-0.2, -0.15) is 9.90 Å².